The topological polar surface area (TPSA) is 99.2 Å². The Morgan fingerprint density at radius 2 is 1.51 bits per heavy atom. The molecule has 1 saturated heterocycles. The van der Waals surface area contributed by atoms with Crippen molar-refractivity contribution in [2.75, 3.05) is 38.0 Å². The number of carbonyl (C=O) groups is 3. The van der Waals surface area contributed by atoms with Gasteiger partial charge in [-0.3, -0.25) is 14.5 Å². The summed E-state index contributed by atoms with van der Waals surface area (Å²) in [6.07, 6.45) is 0.725. The van der Waals surface area contributed by atoms with Gasteiger partial charge in [-0.2, -0.15) is 0 Å². The van der Waals surface area contributed by atoms with Gasteiger partial charge >= 0.3 is 5.97 Å². The van der Waals surface area contributed by atoms with Crippen molar-refractivity contribution in [2.24, 2.45) is 0 Å². The minimum Gasteiger partial charge on any atom is -0.478 e. The van der Waals surface area contributed by atoms with Crippen molar-refractivity contribution < 1.29 is 24.2 Å². The lowest BCUT2D eigenvalue weighted by Gasteiger charge is -2.22. The second-order valence-corrected chi connectivity index (χ2v) is 8.30. The van der Waals surface area contributed by atoms with Crippen LogP contribution in [0.25, 0.3) is 0 Å². The highest BCUT2D eigenvalue weighted by molar-refractivity contribution is 5.97. The van der Waals surface area contributed by atoms with Gasteiger partial charge in [-0.05, 0) is 61.0 Å². The monoisotopic (exact) mass is 473 g/mol. The smallest absolute Gasteiger partial charge is 0.335 e. The predicted molar refractivity (Wildman–Crippen MR) is 132 cm³/mol. The molecule has 180 valence electrons. The van der Waals surface area contributed by atoms with Crippen LogP contribution < -0.4 is 10.1 Å². The molecule has 4 rings (SSSR count). The molecule has 8 heteroatoms. The molecule has 2 amide bonds. The molecule has 1 heterocycles. The van der Waals surface area contributed by atoms with Gasteiger partial charge in [0, 0.05) is 37.4 Å². The first kappa shape index (κ1) is 24.0. The SMILES string of the molecule is O=C(CN1CCCN(C(=O)c2cccc(C(=O)O)c2)CC1)Nc1ccc(Oc2ccccc2)cc1. The van der Waals surface area contributed by atoms with Crippen LogP contribution in [0.1, 0.15) is 27.1 Å². The summed E-state index contributed by atoms with van der Waals surface area (Å²) in [4.78, 5) is 40.4. The number of carboxylic acid groups (broad SMARTS) is 1. The maximum absolute atomic E-state index is 12.9. The number of anilines is 1. The molecule has 1 aliphatic heterocycles. The van der Waals surface area contributed by atoms with E-state index in [-0.39, 0.29) is 23.9 Å². The molecule has 3 aromatic carbocycles. The van der Waals surface area contributed by atoms with Crippen molar-refractivity contribution in [3.63, 3.8) is 0 Å². The van der Waals surface area contributed by atoms with Crippen molar-refractivity contribution in [3.8, 4) is 11.5 Å². The van der Waals surface area contributed by atoms with E-state index in [1.165, 1.54) is 12.1 Å². The van der Waals surface area contributed by atoms with Gasteiger partial charge in [0.25, 0.3) is 5.91 Å². The Morgan fingerprint density at radius 1 is 0.800 bits per heavy atom. The van der Waals surface area contributed by atoms with E-state index >= 15 is 0 Å². The third kappa shape index (κ3) is 6.68. The zero-order valence-electron chi connectivity index (χ0n) is 19.2. The van der Waals surface area contributed by atoms with Crippen molar-refractivity contribution in [2.45, 2.75) is 6.42 Å². The summed E-state index contributed by atoms with van der Waals surface area (Å²) in [5.41, 5.74) is 1.12. The van der Waals surface area contributed by atoms with Crippen LogP contribution in [0, 0.1) is 0 Å². The van der Waals surface area contributed by atoms with E-state index in [2.05, 4.69) is 5.32 Å². The van der Waals surface area contributed by atoms with Crippen LogP contribution >= 0.6 is 0 Å². The Bertz CT molecular complexity index is 1180. The third-order valence-electron chi connectivity index (χ3n) is 5.72. The summed E-state index contributed by atoms with van der Waals surface area (Å²) in [5.74, 6) is 0.0341. The van der Waals surface area contributed by atoms with Crippen LogP contribution in [0.2, 0.25) is 0 Å². The fraction of sp³-hybridized carbons (Fsp3) is 0.222. The van der Waals surface area contributed by atoms with Crippen LogP contribution in [-0.2, 0) is 4.79 Å². The second kappa shape index (κ2) is 11.3. The largest absolute Gasteiger partial charge is 0.478 e. The Morgan fingerprint density at radius 3 is 2.26 bits per heavy atom. The number of ether oxygens (including phenoxy) is 1. The van der Waals surface area contributed by atoms with Crippen molar-refractivity contribution in [3.05, 3.63) is 90.0 Å². The first-order valence-corrected chi connectivity index (χ1v) is 11.5. The molecule has 0 aromatic heterocycles. The van der Waals surface area contributed by atoms with Gasteiger partial charge in [-0.25, -0.2) is 4.79 Å². The van der Waals surface area contributed by atoms with Crippen LogP contribution in [0.5, 0.6) is 11.5 Å². The highest BCUT2D eigenvalue weighted by atomic mass is 16.5. The second-order valence-electron chi connectivity index (χ2n) is 8.30. The van der Waals surface area contributed by atoms with Crippen LogP contribution in [0.4, 0.5) is 5.69 Å². The number of benzene rings is 3. The van der Waals surface area contributed by atoms with E-state index in [0.717, 1.165) is 12.2 Å². The Hall–Kier alpha value is -4.17. The number of hydrogen-bond donors (Lipinski definition) is 2. The van der Waals surface area contributed by atoms with Crippen LogP contribution in [0.3, 0.4) is 0 Å². The number of hydrogen-bond acceptors (Lipinski definition) is 5. The van der Waals surface area contributed by atoms with E-state index in [0.29, 0.717) is 43.2 Å². The highest BCUT2D eigenvalue weighted by Gasteiger charge is 2.22. The predicted octanol–water partition coefficient (Wildman–Crippen LogP) is 3.96. The number of carboxylic acids is 1. The van der Waals surface area contributed by atoms with Gasteiger partial charge in [0.1, 0.15) is 11.5 Å². The number of nitrogens with zero attached hydrogens (tertiary/aromatic N) is 2. The van der Waals surface area contributed by atoms with E-state index in [4.69, 9.17) is 9.84 Å². The summed E-state index contributed by atoms with van der Waals surface area (Å²) in [6, 6.07) is 22.7. The number of para-hydroxylation sites is 1. The van der Waals surface area contributed by atoms with Gasteiger partial charge in [0.15, 0.2) is 0 Å². The van der Waals surface area contributed by atoms with Gasteiger partial charge in [-0.15, -0.1) is 0 Å². The molecule has 0 unspecified atom stereocenters. The van der Waals surface area contributed by atoms with Gasteiger partial charge in [-0.1, -0.05) is 24.3 Å². The number of amides is 2. The lowest BCUT2D eigenvalue weighted by Crippen LogP contribution is -2.38. The summed E-state index contributed by atoms with van der Waals surface area (Å²) in [7, 11) is 0. The lowest BCUT2D eigenvalue weighted by molar-refractivity contribution is -0.117. The van der Waals surface area contributed by atoms with Crippen LogP contribution in [-0.4, -0.2) is 65.4 Å². The molecule has 0 aliphatic carbocycles. The minimum absolute atomic E-state index is 0.0867. The number of nitrogens with one attached hydrogen (secondary N) is 1. The number of carbonyl (C=O) groups excluding carboxylic acids is 2. The quantitative estimate of drug-likeness (QED) is 0.539. The normalized spacial score (nSPS) is 14.1. The molecule has 0 saturated carbocycles. The fourth-order valence-electron chi connectivity index (χ4n) is 3.93. The molecule has 0 bridgehead atoms. The van der Waals surface area contributed by atoms with E-state index in [1.807, 2.05) is 35.2 Å². The molecular weight excluding hydrogens is 446 g/mol. The van der Waals surface area contributed by atoms with E-state index in [9.17, 15) is 14.4 Å². The van der Waals surface area contributed by atoms with Crippen LogP contribution in [0.15, 0.2) is 78.9 Å². The first-order chi connectivity index (χ1) is 17.0. The molecule has 1 aliphatic rings. The molecular formula is C27H27N3O5. The standard InChI is InChI=1S/C27H27N3O5/c31-25(28-22-10-12-24(13-11-22)35-23-8-2-1-3-9-23)19-29-14-5-15-30(17-16-29)26(32)20-6-4-7-21(18-20)27(33)34/h1-4,6-13,18H,5,14-17,19H2,(H,28,31)(H,33,34). The van der Waals surface area contributed by atoms with E-state index in [1.54, 1.807) is 41.3 Å². The third-order valence-corrected chi connectivity index (χ3v) is 5.72. The molecule has 1 fully saturated rings. The molecule has 35 heavy (non-hydrogen) atoms. The minimum atomic E-state index is -1.06. The number of rotatable bonds is 7. The van der Waals surface area contributed by atoms with Gasteiger partial charge < -0.3 is 20.1 Å². The van der Waals surface area contributed by atoms with Crippen molar-refractivity contribution >= 4 is 23.5 Å². The summed E-state index contributed by atoms with van der Waals surface area (Å²) in [6.45, 7) is 2.49. The zero-order valence-corrected chi connectivity index (χ0v) is 19.2. The molecule has 0 spiro atoms. The van der Waals surface area contributed by atoms with E-state index < -0.39 is 5.97 Å². The fourth-order valence-corrected chi connectivity index (χ4v) is 3.93. The first-order valence-electron chi connectivity index (χ1n) is 11.5. The average molecular weight is 474 g/mol. The van der Waals surface area contributed by atoms with Crippen molar-refractivity contribution in [1.82, 2.24) is 9.80 Å². The Balaban J connectivity index is 1.27. The average Bonchev–Trinajstić information content (AvgIpc) is 3.11. The van der Waals surface area contributed by atoms with Gasteiger partial charge in [0.05, 0.1) is 12.1 Å². The number of aromatic carboxylic acids is 1. The lowest BCUT2D eigenvalue weighted by atomic mass is 10.1. The molecule has 0 atom stereocenters. The Labute approximate surface area is 203 Å². The van der Waals surface area contributed by atoms with Crippen molar-refractivity contribution in [1.29, 1.82) is 0 Å². The molecule has 8 nitrogen and oxygen atoms in total. The maximum Gasteiger partial charge on any atom is 0.335 e. The molecule has 3 aromatic rings. The highest BCUT2D eigenvalue weighted by Crippen LogP contribution is 2.22. The Kier molecular flexibility index (Phi) is 7.74. The summed E-state index contributed by atoms with van der Waals surface area (Å²) < 4.78 is 5.77. The maximum atomic E-state index is 12.9. The molecule has 2 N–H and O–H groups in total. The summed E-state index contributed by atoms with van der Waals surface area (Å²) >= 11 is 0. The summed E-state index contributed by atoms with van der Waals surface area (Å²) in [5, 5.41) is 12.1. The molecule has 0 radical (unpaired) electrons. The zero-order chi connectivity index (χ0) is 24.6. The van der Waals surface area contributed by atoms with Gasteiger partial charge in [0.2, 0.25) is 5.91 Å².